The summed E-state index contributed by atoms with van der Waals surface area (Å²) in [6.45, 7) is 6.83. The zero-order valence-electron chi connectivity index (χ0n) is 11.6. The van der Waals surface area contributed by atoms with E-state index in [1.54, 1.807) is 11.0 Å². The molecule has 1 aliphatic heterocycles. The van der Waals surface area contributed by atoms with E-state index >= 15 is 0 Å². The summed E-state index contributed by atoms with van der Waals surface area (Å²) < 4.78 is 5.79. The van der Waals surface area contributed by atoms with E-state index in [4.69, 9.17) is 10.5 Å². The number of hydrogen-bond acceptors (Lipinski definition) is 3. The third-order valence-electron chi connectivity index (χ3n) is 3.00. The van der Waals surface area contributed by atoms with Crippen LogP contribution in [0.5, 0.6) is 5.75 Å². The second-order valence-corrected chi connectivity index (χ2v) is 5.11. The molecule has 0 spiro atoms. The van der Waals surface area contributed by atoms with Crippen LogP contribution in [0, 0.1) is 0 Å². The van der Waals surface area contributed by atoms with Gasteiger partial charge < -0.3 is 15.4 Å². The summed E-state index contributed by atoms with van der Waals surface area (Å²) in [5.74, 6) is 0.731. The topological polar surface area (TPSA) is 55.6 Å². The fourth-order valence-electron chi connectivity index (χ4n) is 2.15. The maximum Gasteiger partial charge on any atom is 0.251 e. The van der Waals surface area contributed by atoms with Crippen molar-refractivity contribution >= 4 is 11.6 Å². The molecule has 0 aliphatic carbocycles. The van der Waals surface area contributed by atoms with Crippen LogP contribution in [0.1, 0.15) is 26.3 Å². The van der Waals surface area contributed by atoms with Crippen LogP contribution in [0.25, 0.3) is 0 Å². The standard InChI is InChI=1S/C15H20N2O2/c1-10(2)6-15(18)17-9-11(3)19-14-7-12(8-16)4-5-13(14)17/h4-7,11H,8-9,16H2,1-3H3. The first kappa shape index (κ1) is 13.6. The van der Waals surface area contributed by atoms with Crippen LogP contribution in [-0.2, 0) is 11.3 Å². The molecule has 19 heavy (non-hydrogen) atoms. The molecule has 0 fully saturated rings. The summed E-state index contributed by atoms with van der Waals surface area (Å²) in [7, 11) is 0. The molecule has 0 aromatic heterocycles. The highest BCUT2D eigenvalue weighted by atomic mass is 16.5. The van der Waals surface area contributed by atoms with E-state index in [0.29, 0.717) is 13.1 Å². The lowest BCUT2D eigenvalue weighted by molar-refractivity contribution is -0.114. The predicted molar refractivity (Wildman–Crippen MR) is 76.2 cm³/mol. The number of fused-ring (bicyclic) bond motifs is 1. The van der Waals surface area contributed by atoms with E-state index in [0.717, 1.165) is 22.6 Å². The van der Waals surface area contributed by atoms with Gasteiger partial charge in [0.05, 0.1) is 12.2 Å². The number of amides is 1. The molecule has 1 heterocycles. The first-order valence-corrected chi connectivity index (χ1v) is 6.47. The molecule has 2 N–H and O–H groups in total. The summed E-state index contributed by atoms with van der Waals surface area (Å²) in [4.78, 5) is 14.0. The lowest BCUT2D eigenvalue weighted by Crippen LogP contribution is -2.41. The van der Waals surface area contributed by atoms with Gasteiger partial charge in [-0.3, -0.25) is 4.79 Å². The summed E-state index contributed by atoms with van der Waals surface area (Å²) >= 11 is 0. The average molecular weight is 260 g/mol. The molecule has 4 nitrogen and oxygen atoms in total. The molecule has 1 atom stereocenters. The van der Waals surface area contributed by atoms with Gasteiger partial charge in [-0.1, -0.05) is 11.6 Å². The van der Waals surface area contributed by atoms with Gasteiger partial charge in [0, 0.05) is 12.6 Å². The van der Waals surface area contributed by atoms with Crippen molar-refractivity contribution in [2.45, 2.75) is 33.4 Å². The summed E-state index contributed by atoms with van der Waals surface area (Å²) in [6.07, 6.45) is 1.63. The third kappa shape index (κ3) is 2.96. The fourth-order valence-corrected chi connectivity index (χ4v) is 2.15. The van der Waals surface area contributed by atoms with Gasteiger partial charge in [-0.15, -0.1) is 0 Å². The molecule has 0 radical (unpaired) electrons. The van der Waals surface area contributed by atoms with Crippen LogP contribution in [0.2, 0.25) is 0 Å². The lowest BCUT2D eigenvalue weighted by atomic mass is 10.1. The van der Waals surface area contributed by atoms with Crippen molar-refractivity contribution < 1.29 is 9.53 Å². The van der Waals surface area contributed by atoms with Crippen molar-refractivity contribution in [2.75, 3.05) is 11.4 Å². The molecular formula is C15H20N2O2. The van der Waals surface area contributed by atoms with Crippen LogP contribution in [0.3, 0.4) is 0 Å². The minimum Gasteiger partial charge on any atom is -0.487 e. The van der Waals surface area contributed by atoms with Crippen molar-refractivity contribution in [3.05, 3.63) is 35.4 Å². The number of nitrogens with two attached hydrogens (primary N) is 1. The first-order chi connectivity index (χ1) is 9.01. The number of rotatable bonds is 2. The number of carbonyl (C=O) groups is 1. The van der Waals surface area contributed by atoms with Crippen molar-refractivity contribution in [1.82, 2.24) is 0 Å². The van der Waals surface area contributed by atoms with Crippen LogP contribution >= 0.6 is 0 Å². The number of nitrogens with zero attached hydrogens (tertiary/aromatic N) is 1. The zero-order chi connectivity index (χ0) is 14.0. The Bertz CT molecular complexity index is 519. The molecule has 1 aromatic carbocycles. The highest BCUT2D eigenvalue weighted by Gasteiger charge is 2.26. The van der Waals surface area contributed by atoms with Crippen LogP contribution in [0.4, 0.5) is 5.69 Å². The zero-order valence-corrected chi connectivity index (χ0v) is 11.6. The predicted octanol–water partition coefficient (Wildman–Crippen LogP) is 2.23. The van der Waals surface area contributed by atoms with E-state index in [9.17, 15) is 4.79 Å². The summed E-state index contributed by atoms with van der Waals surface area (Å²) in [5, 5.41) is 0. The summed E-state index contributed by atoms with van der Waals surface area (Å²) in [5.41, 5.74) is 8.44. The average Bonchev–Trinajstić information content (AvgIpc) is 2.36. The number of anilines is 1. The van der Waals surface area contributed by atoms with Crippen molar-refractivity contribution in [3.8, 4) is 5.75 Å². The minimum atomic E-state index is -0.0185. The number of hydrogen-bond donors (Lipinski definition) is 1. The summed E-state index contributed by atoms with van der Waals surface area (Å²) in [6, 6.07) is 5.74. The SMILES string of the molecule is CC(C)=CC(=O)N1CC(C)Oc2cc(CN)ccc21. The van der Waals surface area contributed by atoms with Gasteiger partial charge in [0.25, 0.3) is 5.91 Å². The van der Waals surface area contributed by atoms with E-state index in [1.807, 2.05) is 39.0 Å². The monoisotopic (exact) mass is 260 g/mol. The Labute approximate surface area is 113 Å². The smallest absolute Gasteiger partial charge is 0.251 e. The molecule has 1 aromatic rings. The molecule has 1 aliphatic rings. The largest absolute Gasteiger partial charge is 0.487 e. The quantitative estimate of drug-likeness (QED) is 0.830. The number of carbonyl (C=O) groups excluding carboxylic acids is 1. The Morgan fingerprint density at radius 3 is 2.89 bits per heavy atom. The first-order valence-electron chi connectivity index (χ1n) is 6.47. The highest BCUT2D eigenvalue weighted by Crippen LogP contribution is 2.34. The molecule has 102 valence electrons. The highest BCUT2D eigenvalue weighted by molar-refractivity contribution is 6.03. The second kappa shape index (κ2) is 5.45. The maximum absolute atomic E-state index is 12.2. The van der Waals surface area contributed by atoms with Gasteiger partial charge in [-0.25, -0.2) is 0 Å². The van der Waals surface area contributed by atoms with Crippen LogP contribution in [-0.4, -0.2) is 18.6 Å². The number of allylic oxidation sites excluding steroid dienone is 1. The van der Waals surface area contributed by atoms with Gasteiger partial charge in [-0.05, 0) is 38.5 Å². The maximum atomic E-state index is 12.2. The molecule has 0 saturated carbocycles. The van der Waals surface area contributed by atoms with Gasteiger partial charge in [0.2, 0.25) is 0 Å². The van der Waals surface area contributed by atoms with Gasteiger partial charge in [0.15, 0.2) is 0 Å². The van der Waals surface area contributed by atoms with Crippen molar-refractivity contribution in [3.63, 3.8) is 0 Å². The lowest BCUT2D eigenvalue weighted by Gasteiger charge is -2.33. The Balaban J connectivity index is 2.39. The molecule has 0 saturated heterocycles. The Kier molecular flexibility index (Phi) is 3.90. The van der Waals surface area contributed by atoms with E-state index < -0.39 is 0 Å². The Morgan fingerprint density at radius 2 is 2.26 bits per heavy atom. The minimum absolute atomic E-state index is 0.00287. The Morgan fingerprint density at radius 1 is 1.53 bits per heavy atom. The molecule has 2 rings (SSSR count). The Hall–Kier alpha value is -1.81. The molecular weight excluding hydrogens is 240 g/mol. The van der Waals surface area contributed by atoms with E-state index in [-0.39, 0.29) is 12.0 Å². The van der Waals surface area contributed by atoms with Crippen LogP contribution < -0.4 is 15.4 Å². The van der Waals surface area contributed by atoms with E-state index in [1.165, 1.54) is 0 Å². The van der Waals surface area contributed by atoms with Crippen molar-refractivity contribution in [1.29, 1.82) is 0 Å². The molecule has 1 amide bonds. The van der Waals surface area contributed by atoms with Gasteiger partial charge in [0.1, 0.15) is 11.9 Å². The molecule has 4 heteroatoms. The third-order valence-corrected chi connectivity index (χ3v) is 3.00. The van der Waals surface area contributed by atoms with Gasteiger partial charge >= 0.3 is 0 Å². The number of benzene rings is 1. The normalized spacial score (nSPS) is 17.5. The van der Waals surface area contributed by atoms with Crippen LogP contribution in [0.15, 0.2) is 29.8 Å². The molecule has 0 bridgehead atoms. The number of ether oxygens (including phenoxy) is 1. The van der Waals surface area contributed by atoms with E-state index in [2.05, 4.69) is 0 Å². The fraction of sp³-hybridized carbons (Fsp3) is 0.400. The second-order valence-electron chi connectivity index (χ2n) is 5.11. The van der Waals surface area contributed by atoms with Crippen molar-refractivity contribution in [2.24, 2.45) is 5.73 Å². The molecule has 1 unspecified atom stereocenters. The van der Waals surface area contributed by atoms with Gasteiger partial charge in [-0.2, -0.15) is 0 Å².